The van der Waals surface area contributed by atoms with Crippen LogP contribution in [-0.2, 0) is 11.3 Å². The van der Waals surface area contributed by atoms with Gasteiger partial charge in [-0.25, -0.2) is 9.50 Å². The molecule has 0 bridgehead atoms. The molecule has 4 heterocycles. The fraction of sp³-hybridized carbons (Fsp3) is 0.263. The average Bonchev–Trinajstić information content (AvgIpc) is 3.41. The van der Waals surface area contributed by atoms with Crippen molar-refractivity contribution in [2.24, 2.45) is 0 Å². The zero-order valence-electron chi connectivity index (χ0n) is 14.5. The number of hydrogen-bond acceptors (Lipinski definition) is 6. The molecule has 0 aliphatic carbocycles. The molecule has 1 aliphatic rings. The van der Waals surface area contributed by atoms with Crippen molar-refractivity contribution in [1.82, 2.24) is 19.5 Å². The molecule has 0 saturated carbocycles. The van der Waals surface area contributed by atoms with Gasteiger partial charge in [0.15, 0.2) is 10.8 Å². The van der Waals surface area contributed by atoms with Crippen LogP contribution in [0.1, 0.15) is 5.69 Å². The molecule has 8 heteroatoms. The van der Waals surface area contributed by atoms with Crippen LogP contribution >= 0.6 is 27.3 Å². The number of benzene rings is 1. The average molecular weight is 445 g/mol. The maximum atomic E-state index is 5.51. The van der Waals surface area contributed by atoms with Gasteiger partial charge in [-0.05, 0) is 24.3 Å². The zero-order chi connectivity index (χ0) is 18.2. The van der Waals surface area contributed by atoms with Gasteiger partial charge < -0.3 is 9.15 Å². The Morgan fingerprint density at radius 2 is 1.93 bits per heavy atom. The van der Waals surface area contributed by atoms with Crippen molar-refractivity contribution in [3.63, 3.8) is 0 Å². The molecule has 0 spiro atoms. The van der Waals surface area contributed by atoms with E-state index < -0.39 is 0 Å². The number of nitrogens with zero attached hydrogens (tertiary/aromatic N) is 4. The molecule has 4 aromatic rings. The lowest BCUT2D eigenvalue weighted by Gasteiger charge is -2.26. The zero-order valence-corrected chi connectivity index (χ0v) is 16.9. The lowest BCUT2D eigenvalue weighted by molar-refractivity contribution is 0.0335. The Bertz CT molecular complexity index is 1050. The van der Waals surface area contributed by atoms with Crippen LogP contribution in [0.15, 0.2) is 51.6 Å². The number of halogens is 1. The first-order chi connectivity index (χ1) is 13.3. The predicted molar refractivity (Wildman–Crippen MR) is 108 cm³/mol. The number of aromatic nitrogens is 3. The van der Waals surface area contributed by atoms with Gasteiger partial charge in [0.25, 0.3) is 0 Å². The highest BCUT2D eigenvalue weighted by Crippen LogP contribution is 2.32. The van der Waals surface area contributed by atoms with E-state index >= 15 is 0 Å². The summed E-state index contributed by atoms with van der Waals surface area (Å²) >= 11 is 5.05. The van der Waals surface area contributed by atoms with E-state index in [0.29, 0.717) is 0 Å². The molecule has 27 heavy (non-hydrogen) atoms. The minimum absolute atomic E-state index is 0.768. The maximum Gasteiger partial charge on any atom is 0.213 e. The molecule has 1 aromatic carbocycles. The van der Waals surface area contributed by atoms with Gasteiger partial charge in [-0.1, -0.05) is 39.4 Å². The third-order valence-electron chi connectivity index (χ3n) is 4.62. The monoisotopic (exact) mass is 444 g/mol. The van der Waals surface area contributed by atoms with Crippen LogP contribution in [0.4, 0.5) is 0 Å². The Labute approximate surface area is 168 Å². The molecule has 3 aromatic heterocycles. The number of ether oxygens (including phenoxy) is 1. The fourth-order valence-corrected chi connectivity index (χ4v) is 4.39. The number of rotatable bonds is 4. The summed E-state index contributed by atoms with van der Waals surface area (Å²) in [6.45, 7) is 4.16. The molecule has 6 nitrogen and oxygen atoms in total. The molecule has 1 aliphatic heterocycles. The molecule has 0 unspecified atom stereocenters. The van der Waals surface area contributed by atoms with Gasteiger partial charge in [0.2, 0.25) is 4.96 Å². The summed E-state index contributed by atoms with van der Waals surface area (Å²) < 4.78 is 14.0. The maximum absolute atomic E-state index is 5.51. The van der Waals surface area contributed by atoms with E-state index in [1.807, 2.05) is 28.8 Å². The van der Waals surface area contributed by atoms with E-state index in [1.54, 1.807) is 17.6 Å². The van der Waals surface area contributed by atoms with Gasteiger partial charge >= 0.3 is 0 Å². The molecule has 0 amide bonds. The largest absolute Gasteiger partial charge is 0.462 e. The number of imidazole rings is 1. The summed E-state index contributed by atoms with van der Waals surface area (Å²) in [7, 11) is 0. The fourth-order valence-electron chi connectivity index (χ4n) is 3.24. The Balaban J connectivity index is 1.60. The van der Waals surface area contributed by atoms with Crippen LogP contribution in [0, 0.1) is 0 Å². The second kappa shape index (κ2) is 7.20. The number of morpholine rings is 1. The molecule has 1 fully saturated rings. The van der Waals surface area contributed by atoms with Crippen LogP contribution in [0.2, 0.25) is 0 Å². The third-order valence-corrected chi connectivity index (χ3v) is 6.07. The normalized spacial score (nSPS) is 15.6. The lowest BCUT2D eigenvalue weighted by atomic mass is 10.1. The first-order valence-corrected chi connectivity index (χ1v) is 10.4. The second-order valence-corrected chi connectivity index (χ2v) is 8.25. The van der Waals surface area contributed by atoms with Crippen molar-refractivity contribution in [3.05, 3.63) is 52.8 Å². The molecule has 0 radical (unpaired) electrons. The topological polar surface area (TPSA) is 55.8 Å². The summed E-state index contributed by atoms with van der Waals surface area (Å²) in [6, 6.07) is 12.1. The molecular weight excluding hydrogens is 428 g/mol. The highest BCUT2D eigenvalue weighted by Gasteiger charge is 2.22. The first-order valence-electron chi connectivity index (χ1n) is 8.76. The Morgan fingerprint density at radius 3 is 2.67 bits per heavy atom. The first kappa shape index (κ1) is 17.1. The Hall–Kier alpha value is -2.00. The molecule has 5 rings (SSSR count). The Morgan fingerprint density at radius 1 is 1.11 bits per heavy atom. The molecule has 1 saturated heterocycles. The predicted octanol–water partition coefficient (Wildman–Crippen LogP) is 4.31. The summed E-state index contributed by atoms with van der Waals surface area (Å²) in [6.07, 6.45) is 1.67. The van der Waals surface area contributed by atoms with Crippen molar-refractivity contribution in [2.75, 3.05) is 26.3 Å². The highest BCUT2D eigenvalue weighted by molar-refractivity contribution is 9.10. The smallest absolute Gasteiger partial charge is 0.213 e. The van der Waals surface area contributed by atoms with Crippen LogP contribution in [0.25, 0.3) is 27.0 Å². The van der Waals surface area contributed by atoms with Crippen molar-refractivity contribution in [2.45, 2.75) is 6.54 Å². The van der Waals surface area contributed by atoms with E-state index in [-0.39, 0.29) is 0 Å². The highest BCUT2D eigenvalue weighted by atomic mass is 79.9. The summed E-state index contributed by atoms with van der Waals surface area (Å²) in [4.78, 5) is 8.18. The Kier molecular flexibility index (Phi) is 4.56. The van der Waals surface area contributed by atoms with E-state index in [9.17, 15) is 0 Å². The molecular formula is C19H17BrN4O2S. The van der Waals surface area contributed by atoms with Crippen LogP contribution in [0.5, 0.6) is 0 Å². The van der Waals surface area contributed by atoms with E-state index in [2.05, 4.69) is 33.0 Å². The van der Waals surface area contributed by atoms with Crippen LogP contribution in [0.3, 0.4) is 0 Å². The van der Waals surface area contributed by atoms with Gasteiger partial charge in [0.1, 0.15) is 0 Å². The molecule has 0 atom stereocenters. The number of fused-ring (bicyclic) bond motifs is 1. The quantitative estimate of drug-likeness (QED) is 0.469. The molecule has 0 N–H and O–H groups in total. The van der Waals surface area contributed by atoms with Gasteiger partial charge in [-0.15, -0.1) is 0 Å². The van der Waals surface area contributed by atoms with Gasteiger partial charge in [-0.2, -0.15) is 5.10 Å². The van der Waals surface area contributed by atoms with Crippen LogP contribution < -0.4 is 0 Å². The van der Waals surface area contributed by atoms with Crippen molar-refractivity contribution < 1.29 is 9.15 Å². The summed E-state index contributed by atoms with van der Waals surface area (Å²) in [5.74, 6) is 0.771. The number of furan rings is 1. The van der Waals surface area contributed by atoms with Gasteiger partial charge in [0, 0.05) is 29.7 Å². The van der Waals surface area contributed by atoms with Gasteiger partial charge in [0.05, 0.1) is 30.9 Å². The van der Waals surface area contributed by atoms with E-state index in [0.717, 1.165) is 70.0 Å². The third kappa shape index (κ3) is 3.34. The standard InChI is InChI=1S/C19H17BrN4O2S/c20-14-5-3-13(4-6-14)17-15(12-23-7-10-25-11-8-23)24-19(21-17)27-18(22-24)16-2-1-9-26-16/h1-6,9H,7-8,10-12H2. The minimum Gasteiger partial charge on any atom is -0.462 e. The van der Waals surface area contributed by atoms with E-state index in [4.69, 9.17) is 19.2 Å². The number of hydrogen-bond donors (Lipinski definition) is 0. The second-order valence-electron chi connectivity index (χ2n) is 6.38. The van der Waals surface area contributed by atoms with E-state index in [1.165, 1.54) is 0 Å². The van der Waals surface area contributed by atoms with Crippen molar-refractivity contribution in [3.8, 4) is 22.0 Å². The minimum atomic E-state index is 0.768. The lowest BCUT2D eigenvalue weighted by Crippen LogP contribution is -2.36. The van der Waals surface area contributed by atoms with Crippen molar-refractivity contribution >= 4 is 32.2 Å². The van der Waals surface area contributed by atoms with Crippen molar-refractivity contribution in [1.29, 1.82) is 0 Å². The molecule has 138 valence electrons. The van der Waals surface area contributed by atoms with Gasteiger partial charge in [-0.3, -0.25) is 4.90 Å². The summed E-state index contributed by atoms with van der Waals surface area (Å²) in [5.41, 5.74) is 3.18. The SMILES string of the molecule is Brc1ccc(-c2nc3sc(-c4ccco4)nn3c2CN2CCOCC2)cc1. The summed E-state index contributed by atoms with van der Waals surface area (Å²) in [5, 5.41) is 5.64. The van der Waals surface area contributed by atoms with Crippen LogP contribution in [-0.4, -0.2) is 45.8 Å².